The fourth-order valence-electron chi connectivity index (χ4n) is 2.29. The summed E-state index contributed by atoms with van der Waals surface area (Å²) >= 11 is 0. The minimum absolute atomic E-state index is 0.128. The van der Waals surface area contributed by atoms with Gasteiger partial charge in [0.2, 0.25) is 0 Å². The average molecular weight is 324 g/mol. The van der Waals surface area contributed by atoms with Gasteiger partial charge in [0.05, 0.1) is 11.3 Å². The molecule has 134 valence electrons. The second kappa shape index (κ2) is 8.27. The van der Waals surface area contributed by atoms with Crippen molar-refractivity contribution >= 4 is 0 Å². The van der Waals surface area contributed by atoms with Crippen molar-refractivity contribution in [2.45, 2.75) is 86.8 Å². The zero-order chi connectivity index (χ0) is 17.7. The molecule has 0 aliphatic heterocycles. The van der Waals surface area contributed by atoms with Crippen LogP contribution in [-0.2, 0) is 17.7 Å². The predicted octanol–water partition coefficient (Wildman–Crippen LogP) is 4.73. The number of hydrogen-bond donors (Lipinski definition) is 0. The summed E-state index contributed by atoms with van der Waals surface area (Å²) < 4.78 is 8.09. The Kier molecular flexibility index (Phi) is 7.25. The van der Waals surface area contributed by atoms with Gasteiger partial charge in [0, 0.05) is 19.3 Å². The second-order valence-electron chi connectivity index (χ2n) is 8.82. The van der Waals surface area contributed by atoms with E-state index in [1.807, 2.05) is 4.68 Å². The van der Waals surface area contributed by atoms with Crippen LogP contribution >= 0.6 is 0 Å². The van der Waals surface area contributed by atoms with Crippen LogP contribution in [0.4, 0.5) is 0 Å². The summed E-state index contributed by atoms with van der Waals surface area (Å²) in [6.45, 7) is 19.6. The van der Waals surface area contributed by atoms with E-state index in [4.69, 9.17) is 4.74 Å². The van der Waals surface area contributed by atoms with Crippen molar-refractivity contribution in [2.75, 3.05) is 6.61 Å². The fourth-order valence-corrected chi connectivity index (χ4v) is 2.29. The van der Waals surface area contributed by atoms with Gasteiger partial charge in [-0.05, 0) is 50.4 Å². The van der Waals surface area contributed by atoms with Crippen molar-refractivity contribution in [2.24, 2.45) is 17.3 Å². The van der Waals surface area contributed by atoms with Crippen molar-refractivity contribution in [3.63, 3.8) is 0 Å². The molecule has 0 spiro atoms. The van der Waals surface area contributed by atoms with E-state index in [2.05, 4.69) is 71.9 Å². The highest BCUT2D eigenvalue weighted by Crippen LogP contribution is 2.30. The number of ether oxygens (including phenoxy) is 1. The molecule has 0 atom stereocenters. The zero-order valence-corrected chi connectivity index (χ0v) is 16.5. The summed E-state index contributed by atoms with van der Waals surface area (Å²) in [5.41, 5.74) is 1.28. The molecule has 0 aliphatic carbocycles. The molecule has 23 heavy (non-hydrogen) atoms. The van der Waals surface area contributed by atoms with Crippen molar-refractivity contribution in [1.82, 2.24) is 15.0 Å². The lowest BCUT2D eigenvalue weighted by atomic mass is 9.78. The van der Waals surface area contributed by atoms with E-state index in [1.54, 1.807) is 0 Å². The van der Waals surface area contributed by atoms with Gasteiger partial charge in [0.25, 0.3) is 0 Å². The molecular formula is C19H37N3O. The third-order valence-electron chi connectivity index (χ3n) is 4.95. The van der Waals surface area contributed by atoms with E-state index in [-0.39, 0.29) is 5.60 Å². The van der Waals surface area contributed by atoms with Gasteiger partial charge in [0.1, 0.15) is 0 Å². The topological polar surface area (TPSA) is 39.9 Å². The van der Waals surface area contributed by atoms with Gasteiger partial charge >= 0.3 is 0 Å². The van der Waals surface area contributed by atoms with Crippen LogP contribution in [0.2, 0.25) is 0 Å². The SMILES string of the molecule is CC(C)Cc1cn(CCC(C)(C)OCCC(C)(C)C(C)C)nn1. The lowest BCUT2D eigenvalue weighted by Gasteiger charge is -2.32. The molecule has 0 saturated heterocycles. The molecule has 0 amide bonds. The number of rotatable bonds is 10. The Bertz CT molecular complexity index is 461. The van der Waals surface area contributed by atoms with E-state index in [1.165, 1.54) is 0 Å². The van der Waals surface area contributed by atoms with Gasteiger partial charge in [-0.1, -0.05) is 46.8 Å². The molecular weight excluding hydrogens is 286 g/mol. The smallest absolute Gasteiger partial charge is 0.0829 e. The minimum atomic E-state index is -0.128. The van der Waals surface area contributed by atoms with Crippen LogP contribution in [0.3, 0.4) is 0 Å². The summed E-state index contributed by atoms with van der Waals surface area (Å²) in [6.07, 6.45) is 5.09. The van der Waals surface area contributed by atoms with Gasteiger partial charge in [-0.25, -0.2) is 0 Å². The van der Waals surface area contributed by atoms with Crippen LogP contribution in [0.1, 0.15) is 73.9 Å². The molecule has 1 aromatic rings. The van der Waals surface area contributed by atoms with E-state index >= 15 is 0 Å². The number of aryl methyl sites for hydroxylation is 1. The van der Waals surface area contributed by atoms with Gasteiger partial charge < -0.3 is 4.74 Å². The van der Waals surface area contributed by atoms with Gasteiger partial charge in [0.15, 0.2) is 0 Å². The highest BCUT2D eigenvalue weighted by molar-refractivity contribution is 4.93. The van der Waals surface area contributed by atoms with Gasteiger partial charge in [-0.15, -0.1) is 5.10 Å². The van der Waals surface area contributed by atoms with Crippen LogP contribution in [0.25, 0.3) is 0 Å². The van der Waals surface area contributed by atoms with Crippen molar-refractivity contribution < 1.29 is 4.74 Å². The van der Waals surface area contributed by atoms with E-state index in [0.717, 1.165) is 38.1 Å². The largest absolute Gasteiger partial charge is 0.375 e. The third-order valence-corrected chi connectivity index (χ3v) is 4.95. The number of aromatic nitrogens is 3. The molecule has 0 unspecified atom stereocenters. The molecule has 1 aromatic heterocycles. The predicted molar refractivity (Wildman–Crippen MR) is 96.4 cm³/mol. The maximum absolute atomic E-state index is 6.15. The van der Waals surface area contributed by atoms with Gasteiger partial charge in [-0.2, -0.15) is 0 Å². The molecule has 0 N–H and O–H groups in total. The van der Waals surface area contributed by atoms with E-state index in [0.29, 0.717) is 17.3 Å². The Labute approximate surface area is 143 Å². The maximum atomic E-state index is 6.15. The highest BCUT2D eigenvalue weighted by atomic mass is 16.5. The Balaban J connectivity index is 2.39. The quantitative estimate of drug-likeness (QED) is 0.624. The van der Waals surface area contributed by atoms with Crippen LogP contribution in [0, 0.1) is 17.3 Å². The van der Waals surface area contributed by atoms with Crippen LogP contribution < -0.4 is 0 Å². The lowest BCUT2D eigenvalue weighted by molar-refractivity contribution is -0.0408. The Morgan fingerprint density at radius 3 is 2.30 bits per heavy atom. The highest BCUT2D eigenvalue weighted by Gasteiger charge is 2.24. The molecule has 0 radical (unpaired) electrons. The summed E-state index contributed by atoms with van der Waals surface area (Å²) in [5, 5.41) is 8.47. The monoisotopic (exact) mass is 323 g/mol. The lowest BCUT2D eigenvalue weighted by Crippen LogP contribution is -2.29. The number of nitrogens with zero attached hydrogens (tertiary/aromatic N) is 3. The summed E-state index contributed by atoms with van der Waals surface area (Å²) in [4.78, 5) is 0. The molecule has 0 aliphatic rings. The Morgan fingerprint density at radius 1 is 1.09 bits per heavy atom. The fraction of sp³-hybridized carbons (Fsp3) is 0.895. The Morgan fingerprint density at radius 2 is 1.74 bits per heavy atom. The summed E-state index contributed by atoms with van der Waals surface area (Å²) in [7, 11) is 0. The van der Waals surface area contributed by atoms with Gasteiger partial charge in [-0.3, -0.25) is 4.68 Å². The van der Waals surface area contributed by atoms with Crippen molar-refractivity contribution in [3.05, 3.63) is 11.9 Å². The molecule has 4 heteroatoms. The molecule has 0 bridgehead atoms. The molecule has 4 nitrogen and oxygen atoms in total. The van der Waals surface area contributed by atoms with E-state index < -0.39 is 0 Å². The van der Waals surface area contributed by atoms with Crippen LogP contribution in [-0.4, -0.2) is 27.2 Å². The second-order valence-corrected chi connectivity index (χ2v) is 8.82. The summed E-state index contributed by atoms with van der Waals surface area (Å²) in [5.74, 6) is 1.29. The first-order valence-corrected chi connectivity index (χ1v) is 9.05. The zero-order valence-electron chi connectivity index (χ0n) is 16.5. The summed E-state index contributed by atoms with van der Waals surface area (Å²) in [6, 6.07) is 0. The third kappa shape index (κ3) is 7.47. The normalized spacial score (nSPS) is 13.3. The van der Waals surface area contributed by atoms with Crippen molar-refractivity contribution in [1.29, 1.82) is 0 Å². The molecule has 1 heterocycles. The first-order valence-electron chi connectivity index (χ1n) is 9.05. The molecule has 0 fully saturated rings. The van der Waals surface area contributed by atoms with Crippen LogP contribution in [0.15, 0.2) is 6.20 Å². The molecule has 0 saturated carbocycles. The molecule has 1 rings (SSSR count). The first-order chi connectivity index (χ1) is 10.5. The van der Waals surface area contributed by atoms with E-state index in [9.17, 15) is 0 Å². The Hall–Kier alpha value is -0.900. The average Bonchev–Trinajstić information content (AvgIpc) is 2.82. The molecule has 0 aromatic carbocycles. The van der Waals surface area contributed by atoms with Crippen molar-refractivity contribution in [3.8, 4) is 0 Å². The minimum Gasteiger partial charge on any atom is -0.375 e. The van der Waals surface area contributed by atoms with Crippen LogP contribution in [0.5, 0.6) is 0 Å². The maximum Gasteiger partial charge on any atom is 0.0829 e. The standard InChI is InChI=1S/C19H37N3O/c1-15(2)13-17-14-22(21-20-17)11-9-19(7,8)23-12-10-18(5,6)16(3)4/h14-16H,9-13H2,1-8H3. The first kappa shape index (κ1) is 20.1. The number of hydrogen-bond acceptors (Lipinski definition) is 3.